The molecule has 0 radical (unpaired) electrons. The number of hydrogen-bond donors (Lipinski definition) is 1. The number of carbonyl (C=O) groups is 2. The Morgan fingerprint density at radius 1 is 1.13 bits per heavy atom. The fourth-order valence-corrected chi connectivity index (χ4v) is 4.19. The van der Waals surface area contributed by atoms with Crippen molar-refractivity contribution in [1.82, 2.24) is 0 Å². The topological polar surface area (TPSA) is 66.8 Å². The van der Waals surface area contributed by atoms with Gasteiger partial charge in [0.2, 0.25) is 5.78 Å². The third kappa shape index (κ3) is 3.70. The summed E-state index contributed by atoms with van der Waals surface area (Å²) < 4.78 is 32.9. The molecule has 4 rings (SSSR count). The Bertz CT molecular complexity index is 1170. The summed E-state index contributed by atoms with van der Waals surface area (Å²) in [6, 6.07) is 11.9. The third-order valence-electron chi connectivity index (χ3n) is 4.89. The van der Waals surface area contributed by atoms with Crippen LogP contribution in [0, 0.1) is 11.6 Å². The van der Waals surface area contributed by atoms with E-state index in [1.807, 2.05) is 6.92 Å². The highest BCUT2D eigenvalue weighted by atomic mass is 32.1. The molecule has 0 fully saturated rings. The van der Waals surface area contributed by atoms with Gasteiger partial charge in [0.05, 0.1) is 23.1 Å². The molecule has 1 N–H and O–H groups in total. The number of amides is 1. The van der Waals surface area contributed by atoms with Crippen LogP contribution in [0.2, 0.25) is 0 Å². The summed E-state index contributed by atoms with van der Waals surface area (Å²) in [5.74, 6) is -3.72. The average molecular weight is 441 g/mol. The first-order valence-electron chi connectivity index (χ1n) is 9.45. The van der Waals surface area contributed by atoms with E-state index in [4.69, 9.17) is 4.74 Å². The van der Waals surface area contributed by atoms with Crippen LogP contribution in [-0.4, -0.2) is 23.4 Å². The molecule has 5 nitrogen and oxygen atoms in total. The summed E-state index contributed by atoms with van der Waals surface area (Å²) in [6.45, 7) is 2.30. The lowest BCUT2D eigenvalue weighted by atomic mass is 9.95. The number of carbonyl (C=O) groups excluding carboxylic acids is 2. The number of halogens is 2. The zero-order valence-electron chi connectivity index (χ0n) is 16.3. The Kier molecular flexibility index (Phi) is 5.56. The van der Waals surface area contributed by atoms with Crippen LogP contribution in [0.4, 0.5) is 14.5 Å². The summed E-state index contributed by atoms with van der Waals surface area (Å²) in [5, 5.41) is 12.3. The van der Waals surface area contributed by atoms with Gasteiger partial charge in [0.1, 0.15) is 5.75 Å². The Labute approximate surface area is 180 Å². The van der Waals surface area contributed by atoms with Crippen molar-refractivity contribution in [2.75, 3.05) is 11.5 Å². The maximum Gasteiger partial charge on any atom is 0.294 e. The SMILES string of the molecule is CCOc1ccc(C2C(C(=O)c3cccs3)=C(O)C(=O)N2c2ccc(F)c(F)c2)cc1. The molecule has 1 aromatic heterocycles. The second-order valence-electron chi connectivity index (χ2n) is 6.75. The molecule has 2 heterocycles. The van der Waals surface area contributed by atoms with Gasteiger partial charge in [-0.1, -0.05) is 18.2 Å². The standard InChI is InChI=1S/C23H17F2NO4S/c1-2-30-15-8-5-13(6-9-15)20-19(21(27)18-4-3-11-31-18)22(28)23(29)26(20)14-7-10-16(24)17(25)12-14/h3-12,20,28H,2H2,1H3. The van der Waals surface area contributed by atoms with E-state index in [1.54, 1.807) is 41.8 Å². The number of aliphatic hydroxyl groups is 1. The number of benzene rings is 2. The van der Waals surface area contributed by atoms with Crippen LogP contribution < -0.4 is 9.64 Å². The molecule has 0 aliphatic carbocycles. The van der Waals surface area contributed by atoms with Crippen LogP contribution >= 0.6 is 11.3 Å². The van der Waals surface area contributed by atoms with Crippen molar-refractivity contribution in [2.24, 2.45) is 0 Å². The van der Waals surface area contributed by atoms with E-state index in [0.717, 1.165) is 17.0 Å². The van der Waals surface area contributed by atoms with Crippen LogP contribution in [0.15, 0.2) is 71.3 Å². The Balaban J connectivity index is 1.85. The fraction of sp³-hybridized carbons (Fsp3) is 0.130. The minimum Gasteiger partial charge on any atom is -0.503 e. The lowest BCUT2D eigenvalue weighted by Crippen LogP contribution is -2.31. The van der Waals surface area contributed by atoms with Gasteiger partial charge in [-0.2, -0.15) is 0 Å². The summed E-state index contributed by atoms with van der Waals surface area (Å²) in [7, 11) is 0. The molecular formula is C23H17F2NO4S. The predicted octanol–water partition coefficient (Wildman–Crippen LogP) is 5.21. The summed E-state index contributed by atoms with van der Waals surface area (Å²) in [4.78, 5) is 27.6. The molecule has 0 saturated carbocycles. The molecule has 1 amide bonds. The molecule has 1 unspecified atom stereocenters. The highest BCUT2D eigenvalue weighted by Crippen LogP contribution is 2.42. The first kappa shape index (κ1) is 20.7. The minimum atomic E-state index is -1.15. The number of Topliss-reactive ketones (excluding diaryl/α,β-unsaturated/α-hetero) is 1. The third-order valence-corrected chi connectivity index (χ3v) is 5.75. The normalized spacial score (nSPS) is 16.2. The highest BCUT2D eigenvalue weighted by Gasteiger charge is 2.45. The van der Waals surface area contributed by atoms with E-state index in [2.05, 4.69) is 0 Å². The number of rotatable bonds is 6. The van der Waals surface area contributed by atoms with Gasteiger partial charge >= 0.3 is 0 Å². The van der Waals surface area contributed by atoms with E-state index >= 15 is 0 Å². The van der Waals surface area contributed by atoms with Crippen molar-refractivity contribution < 1.29 is 28.2 Å². The molecule has 2 aromatic carbocycles. The number of aliphatic hydroxyl groups excluding tert-OH is 1. The maximum absolute atomic E-state index is 13.9. The van der Waals surface area contributed by atoms with Gasteiger partial charge in [0, 0.05) is 11.8 Å². The quantitative estimate of drug-likeness (QED) is 0.534. The van der Waals surface area contributed by atoms with Gasteiger partial charge in [-0.25, -0.2) is 8.78 Å². The summed E-state index contributed by atoms with van der Waals surface area (Å²) >= 11 is 1.17. The van der Waals surface area contributed by atoms with Gasteiger partial charge in [0.25, 0.3) is 5.91 Å². The lowest BCUT2D eigenvalue weighted by molar-refractivity contribution is -0.117. The largest absolute Gasteiger partial charge is 0.503 e. The van der Waals surface area contributed by atoms with E-state index in [1.165, 1.54) is 17.4 Å². The molecule has 0 bridgehead atoms. The number of anilines is 1. The van der Waals surface area contributed by atoms with Gasteiger partial charge in [0.15, 0.2) is 17.4 Å². The van der Waals surface area contributed by atoms with Crippen LogP contribution in [-0.2, 0) is 4.79 Å². The molecule has 8 heteroatoms. The second-order valence-corrected chi connectivity index (χ2v) is 7.69. The molecule has 31 heavy (non-hydrogen) atoms. The smallest absolute Gasteiger partial charge is 0.294 e. The van der Waals surface area contributed by atoms with Gasteiger partial charge in [-0.3, -0.25) is 14.5 Å². The molecular weight excluding hydrogens is 424 g/mol. The molecule has 1 aliphatic heterocycles. The zero-order chi connectivity index (χ0) is 22.1. The van der Waals surface area contributed by atoms with Crippen molar-refractivity contribution in [2.45, 2.75) is 13.0 Å². The number of ketones is 1. The van der Waals surface area contributed by atoms with Gasteiger partial charge in [-0.15, -0.1) is 11.3 Å². The van der Waals surface area contributed by atoms with Crippen LogP contribution in [0.3, 0.4) is 0 Å². The fourth-order valence-electron chi connectivity index (χ4n) is 3.51. The molecule has 3 aromatic rings. The van der Waals surface area contributed by atoms with E-state index in [0.29, 0.717) is 22.8 Å². The van der Waals surface area contributed by atoms with Crippen LogP contribution in [0.5, 0.6) is 5.75 Å². The Morgan fingerprint density at radius 3 is 2.48 bits per heavy atom. The average Bonchev–Trinajstić information content (AvgIpc) is 3.38. The number of ether oxygens (including phenoxy) is 1. The van der Waals surface area contributed by atoms with E-state index < -0.39 is 35.1 Å². The molecule has 0 spiro atoms. The van der Waals surface area contributed by atoms with Crippen molar-refractivity contribution in [3.63, 3.8) is 0 Å². The van der Waals surface area contributed by atoms with Crippen molar-refractivity contribution in [3.8, 4) is 5.75 Å². The number of thiophene rings is 1. The first-order valence-corrected chi connectivity index (χ1v) is 10.3. The predicted molar refractivity (Wildman–Crippen MR) is 113 cm³/mol. The zero-order valence-corrected chi connectivity index (χ0v) is 17.2. The lowest BCUT2D eigenvalue weighted by Gasteiger charge is -2.27. The van der Waals surface area contributed by atoms with Crippen molar-refractivity contribution >= 4 is 28.7 Å². The van der Waals surface area contributed by atoms with Crippen LogP contribution in [0.25, 0.3) is 0 Å². The highest BCUT2D eigenvalue weighted by molar-refractivity contribution is 7.12. The Morgan fingerprint density at radius 2 is 1.87 bits per heavy atom. The molecule has 1 aliphatic rings. The van der Waals surface area contributed by atoms with Gasteiger partial charge in [-0.05, 0) is 48.2 Å². The molecule has 158 valence electrons. The maximum atomic E-state index is 13.9. The van der Waals surface area contributed by atoms with Crippen molar-refractivity contribution in [1.29, 1.82) is 0 Å². The van der Waals surface area contributed by atoms with E-state index in [-0.39, 0.29) is 11.3 Å². The minimum absolute atomic E-state index is 0.0170. The second kappa shape index (κ2) is 8.31. The molecule has 0 saturated heterocycles. The van der Waals surface area contributed by atoms with Crippen LogP contribution in [0.1, 0.15) is 28.2 Å². The number of nitrogens with zero attached hydrogens (tertiary/aromatic N) is 1. The van der Waals surface area contributed by atoms with E-state index in [9.17, 15) is 23.5 Å². The number of hydrogen-bond acceptors (Lipinski definition) is 5. The summed E-state index contributed by atoms with van der Waals surface area (Å²) in [5.41, 5.74) is 0.398. The van der Waals surface area contributed by atoms with Crippen molar-refractivity contribution in [3.05, 3.63) is 93.4 Å². The summed E-state index contributed by atoms with van der Waals surface area (Å²) in [6.07, 6.45) is 0. The monoisotopic (exact) mass is 441 g/mol. The van der Waals surface area contributed by atoms with Gasteiger partial charge < -0.3 is 9.84 Å². The first-order chi connectivity index (χ1) is 14.9. The Hall–Kier alpha value is -3.52. The molecule has 1 atom stereocenters.